The number of aromatic nitrogens is 3. The van der Waals surface area contributed by atoms with E-state index in [0.717, 1.165) is 22.2 Å². The second kappa shape index (κ2) is 6.28. The van der Waals surface area contributed by atoms with Crippen molar-refractivity contribution in [3.8, 4) is 0 Å². The minimum absolute atomic E-state index is 0.110. The van der Waals surface area contributed by atoms with E-state index < -0.39 is 9.84 Å². The smallest absolute Gasteiger partial charge is 0.272 e. The minimum atomic E-state index is -3.16. The molecule has 1 amide bonds. The number of sulfone groups is 1. The molecule has 0 atom stereocenters. The van der Waals surface area contributed by atoms with Gasteiger partial charge in [-0.25, -0.2) is 8.42 Å². The van der Waals surface area contributed by atoms with Crippen LogP contribution in [0.2, 0.25) is 0 Å². The molecule has 0 unspecified atom stereocenters. The van der Waals surface area contributed by atoms with E-state index in [1.165, 1.54) is 0 Å². The van der Waals surface area contributed by atoms with Crippen LogP contribution >= 0.6 is 0 Å². The number of fused-ring (bicyclic) bond motifs is 2. The van der Waals surface area contributed by atoms with E-state index in [1.807, 2.05) is 30.5 Å². The zero-order valence-corrected chi connectivity index (χ0v) is 15.3. The van der Waals surface area contributed by atoms with Crippen LogP contribution < -0.4 is 5.32 Å². The van der Waals surface area contributed by atoms with E-state index in [9.17, 15) is 13.2 Å². The Labute approximate surface area is 151 Å². The van der Waals surface area contributed by atoms with Gasteiger partial charge in [0.1, 0.15) is 0 Å². The molecule has 1 aromatic carbocycles. The van der Waals surface area contributed by atoms with Crippen molar-refractivity contribution in [2.24, 2.45) is 7.05 Å². The molecule has 1 aliphatic rings. The van der Waals surface area contributed by atoms with Gasteiger partial charge in [-0.1, -0.05) is 18.2 Å². The molecule has 2 aromatic heterocycles. The molecule has 3 heterocycles. The monoisotopic (exact) mass is 372 g/mol. The van der Waals surface area contributed by atoms with Crippen LogP contribution in [0.5, 0.6) is 0 Å². The van der Waals surface area contributed by atoms with Crippen molar-refractivity contribution in [1.29, 1.82) is 0 Å². The Hall–Kier alpha value is -2.61. The van der Waals surface area contributed by atoms with Crippen LogP contribution in [0.15, 0.2) is 30.5 Å². The molecule has 0 radical (unpaired) electrons. The fourth-order valence-electron chi connectivity index (χ4n) is 3.53. The molecule has 1 aliphatic heterocycles. The number of carbonyl (C=O) groups is 1. The van der Waals surface area contributed by atoms with Gasteiger partial charge in [-0.3, -0.25) is 9.48 Å². The highest BCUT2D eigenvalue weighted by atomic mass is 32.2. The van der Waals surface area contributed by atoms with Crippen LogP contribution in [0.3, 0.4) is 0 Å². The van der Waals surface area contributed by atoms with Gasteiger partial charge in [0.05, 0.1) is 11.5 Å². The first-order valence-electron chi connectivity index (χ1n) is 8.53. The molecule has 2 N–H and O–H groups in total. The summed E-state index contributed by atoms with van der Waals surface area (Å²) in [4.78, 5) is 15.8. The fourth-order valence-corrected chi connectivity index (χ4v) is 4.92. The van der Waals surface area contributed by atoms with Gasteiger partial charge in [0.25, 0.3) is 5.91 Å². The van der Waals surface area contributed by atoms with Gasteiger partial charge in [-0.05, 0) is 18.1 Å². The third kappa shape index (κ3) is 3.01. The summed E-state index contributed by atoms with van der Waals surface area (Å²) in [6, 6.07) is 8.02. The molecular formula is C18H20N4O3S. The standard InChI is InChI=1S/C18H20N4O3S/c1-22-16-7-9-26(24,25)11-14(16)17(21-22)18(23)19-8-6-12-10-20-15-5-3-2-4-13(12)15/h2-5,10,20H,6-9,11H2,1H3,(H,19,23). The Morgan fingerprint density at radius 2 is 2.15 bits per heavy atom. The van der Waals surface area contributed by atoms with Crippen molar-refractivity contribution in [2.45, 2.75) is 18.6 Å². The summed E-state index contributed by atoms with van der Waals surface area (Å²) in [6.45, 7) is 0.457. The maximum atomic E-state index is 12.5. The van der Waals surface area contributed by atoms with E-state index in [4.69, 9.17) is 0 Å². The highest BCUT2D eigenvalue weighted by molar-refractivity contribution is 7.90. The molecular weight excluding hydrogens is 352 g/mol. The number of H-pyrrole nitrogens is 1. The van der Waals surface area contributed by atoms with Crippen LogP contribution in [-0.2, 0) is 35.5 Å². The van der Waals surface area contributed by atoms with Gasteiger partial charge in [-0.15, -0.1) is 0 Å². The molecule has 26 heavy (non-hydrogen) atoms. The zero-order valence-electron chi connectivity index (χ0n) is 14.4. The van der Waals surface area contributed by atoms with Gasteiger partial charge >= 0.3 is 0 Å². The molecule has 0 bridgehead atoms. The Morgan fingerprint density at radius 1 is 1.35 bits per heavy atom. The van der Waals surface area contributed by atoms with Crippen LogP contribution in [0.4, 0.5) is 0 Å². The van der Waals surface area contributed by atoms with Crippen molar-refractivity contribution in [3.63, 3.8) is 0 Å². The second-order valence-electron chi connectivity index (χ2n) is 6.60. The Bertz CT molecular complexity index is 1100. The molecule has 136 valence electrons. The number of amides is 1. The highest BCUT2D eigenvalue weighted by Crippen LogP contribution is 2.23. The van der Waals surface area contributed by atoms with E-state index in [2.05, 4.69) is 15.4 Å². The number of benzene rings is 1. The quantitative estimate of drug-likeness (QED) is 0.722. The number of hydrogen-bond acceptors (Lipinski definition) is 4. The first kappa shape index (κ1) is 16.8. The van der Waals surface area contributed by atoms with Crippen molar-refractivity contribution < 1.29 is 13.2 Å². The highest BCUT2D eigenvalue weighted by Gasteiger charge is 2.30. The molecule has 4 rings (SSSR count). The predicted molar refractivity (Wildman–Crippen MR) is 98.7 cm³/mol. The number of hydrogen-bond donors (Lipinski definition) is 2. The third-order valence-corrected chi connectivity index (χ3v) is 6.41. The van der Waals surface area contributed by atoms with Gasteiger partial charge in [0.2, 0.25) is 0 Å². The van der Waals surface area contributed by atoms with E-state index in [-0.39, 0.29) is 23.1 Å². The second-order valence-corrected chi connectivity index (χ2v) is 8.79. The van der Waals surface area contributed by atoms with Gasteiger partial charge in [0, 0.05) is 48.4 Å². The maximum absolute atomic E-state index is 12.5. The first-order chi connectivity index (χ1) is 12.4. The molecule has 0 saturated heterocycles. The lowest BCUT2D eigenvalue weighted by Crippen LogP contribution is -2.28. The normalized spacial score (nSPS) is 15.7. The summed E-state index contributed by atoms with van der Waals surface area (Å²) in [7, 11) is -1.41. The van der Waals surface area contributed by atoms with Gasteiger partial charge in [-0.2, -0.15) is 5.10 Å². The van der Waals surface area contributed by atoms with Crippen LogP contribution in [-0.4, -0.2) is 41.4 Å². The van der Waals surface area contributed by atoms with Gasteiger partial charge < -0.3 is 10.3 Å². The lowest BCUT2D eigenvalue weighted by atomic mass is 10.1. The average molecular weight is 372 g/mol. The van der Waals surface area contributed by atoms with Crippen molar-refractivity contribution in [3.05, 3.63) is 53.0 Å². The van der Waals surface area contributed by atoms with Crippen LogP contribution in [0.1, 0.15) is 27.3 Å². The number of rotatable bonds is 4. The summed E-state index contributed by atoms with van der Waals surface area (Å²) in [5.74, 6) is -0.318. The average Bonchev–Trinajstić information content (AvgIpc) is 3.15. The van der Waals surface area contributed by atoms with E-state index in [0.29, 0.717) is 24.9 Å². The molecule has 8 heteroatoms. The minimum Gasteiger partial charge on any atom is -0.361 e. The van der Waals surface area contributed by atoms with Gasteiger partial charge in [0.15, 0.2) is 15.5 Å². The van der Waals surface area contributed by atoms with E-state index in [1.54, 1.807) is 11.7 Å². The number of aryl methyl sites for hydroxylation is 1. The van der Waals surface area contributed by atoms with Crippen molar-refractivity contribution >= 4 is 26.6 Å². The number of para-hydroxylation sites is 1. The summed E-state index contributed by atoms with van der Waals surface area (Å²) in [5, 5.41) is 8.27. The topological polar surface area (TPSA) is 96.8 Å². The SMILES string of the molecule is Cn1nc(C(=O)NCCc2c[nH]c3ccccc23)c2c1CCS(=O)(=O)C2. The molecule has 0 fully saturated rings. The molecule has 0 aliphatic carbocycles. The Morgan fingerprint density at radius 3 is 3.00 bits per heavy atom. The van der Waals surface area contributed by atoms with Crippen LogP contribution in [0, 0.1) is 0 Å². The molecule has 7 nitrogen and oxygen atoms in total. The van der Waals surface area contributed by atoms with Crippen molar-refractivity contribution in [1.82, 2.24) is 20.1 Å². The lowest BCUT2D eigenvalue weighted by molar-refractivity contribution is 0.0948. The number of carbonyl (C=O) groups excluding carboxylic acids is 1. The predicted octanol–water partition coefficient (Wildman–Crippen LogP) is 1.34. The summed E-state index contributed by atoms with van der Waals surface area (Å²) in [5.41, 5.74) is 3.80. The van der Waals surface area contributed by atoms with Crippen molar-refractivity contribution in [2.75, 3.05) is 12.3 Å². The maximum Gasteiger partial charge on any atom is 0.272 e. The number of nitrogens with one attached hydrogen (secondary N) is 2. The Balaban J connectivity index is 1.48. The zero-order chi connectivity index (χ0) is 18.3. The number of nitrogens with zero attached hydrogens (tertiary/aromatic N) is 2. The Kier molecular flexibility index (Phi) is 4.07. The summed E-state index contributed by atoms with van der Waals surface area (Å²) >= 11 is 0. The number of aromatic amines is 1. The lowest BCUT2D eigenvalue weighted by Gasteiger charge is -2.13. The molecule has 0 saturated carbocycles. The summed E-state index contributed by atoms with van der Waals surface area (Å²) in [6.07, 6.45) is 3.04. The third-order valence-electron chi connectivity index (χ3n) is 4.86. The van der Waals surface area contributed by atoms with E-state index >= 15 is 0 Å². The molecule has 0 spiro atoms. The fraction of sp³-hybridized carbons (Fsp3) is 0.333. The van der Waals surface area contributed by atoms with Crippen LogP contribution in [0.25, 0.3) is 10.9 Å². The first-order valence-corrected chi connectivity index (χ1v) is 10.3. The largest absolute Gasteiger partial charge is 0.361 e. The summed E-state index contributed by atoms with van der Waals surface area (Å²) < 4.78 is 25.5. The molecule has 3 aromatic rings.